The maximum atomic E-state index is 12.4. The maximum absolute atomic E-state index is 12.4. The van der Waals surface area contributed by atoms with Gasteiger partial charge in [-0.1, -0.05) is 0 Å². The van der Waals surface area contributed by atoms with Gasteiger partial charge < -0.3 is 10.5 Å². The van der Waals surface area contributed by atoms with Crippen LogP contribution in [0.5, 0.6) is 0 Å². The van der Waals surface area contributed by atoms with Crippen molar-refractivity contribution in [2.45, 2.75) is 45.1 Å². The van der Waals surface area contributed by atoms with Gasteiger partial charge in [0.15, 0.2) is 0 Å². The lowest BCUT2D eigenvalue weighted by molar-refractivity contribution is -0.00515. The van der Waals surface area contributed by atoms with Crippen molar-refractivity contribution < 1.29 is 13.2 Å². The van der Waals surface area contributed by atoms with Crippen molar-refractivity contribution in [2.75, 3.05) is 18.9 Å². The van der Waals surface area contributed by atoms with Crippen molar-refractivity contribution in [3.8, 4) is 0 Å². The van der Waals surface area contributed by atoms with Gasteiger partial charge in [0.2, 0.25) is 10.0 Å². The Bertz CT molecular complexity index is 580. The molecule has 0 aromatic heterocycles. The van der Waals surface area contributed by atoms with E-state index in [1.54, 1.807) is 13.0 Å². The smallest absolute Gasteiger partial charge is 0.241 e. The second-order valence-corrected chi connectivity index (χ2v) is 7.21. The minimum absolute atomic E-state index is 0.205. The second kappa shape index (κ2) is 6.11. The molecule has 0 heterocycles. The Balaban J connectivity index is 3.01. The predicted octanol–water partition coefficient (Wildman–Crippen LogP) is 1.98. The minimum Gasteiger partial charge on any atom is -0.399 e. The summed E-state index contributed by atoms with van der Waals surface area (Å²) in [5, 5.41) is 0. The molecule has 0 bridgehead atoms. The van der Waals surface area contributed by atoms with E-state index >= 15 is 0 Å². The average molecular weight is 300 g/mol. The van der Waals surface area contributed by atoms with Crippen molar-refractivity contribution >= 4 is 15.7 Å². The number of anilines is 1. The first-order valence-electron chi connectivity index (χ1n) is 6.59. The third-order valence-corrected chi connectivity index (χ3v) is 4.68. The first-order chi connectivity index (χ1) is 9.09. The van der Waals surface area contributed by atoms with Crippen LogP contribution in [0, 0.1) is 13.8 Å². The fraction of sp³-hybridized carbons (Fsp3) is 0.571. The van der Waals surface area contributed by atoms with Gasteiger partial charge in [-0.25, -0.2) is 13.1 Å². The highest BCUT2D eigenvalue weighted by Crippen LogP contribution is 2.22. The summed E-state index contributed by atoms with van der Waals surface area (Å²) in [7, 11) is -3.60. The Morgan fingerprint density at radius 1 is 1.30 bits per heavy atom. The molecule has 3 N–H and O–H groups in total. The number of benzene rings is 1. The Hall–Kier alpha value is -1.11. The molecule has 0 aliphatic rings. The molecule has 0 spiro atoms. The summed E-state index contributed by atoms with van der Waals surface area (Å²) in [6.45, 7) is 9.92. The van der Waals surface area contributed by atoms with E-state index in [1.165, 1.54) is 6.07 Å². The summed E-state index contributed by atoms with van der Waals surface area (Å²) < 4.78 is 32.8. The number of ether oxygens (including phenoxy) is 1. The minimum atomic E-state index is -3.60. The van der Waals surface area contributed by atoms with Crippen molar-refractivity contribution in [1.29, 1.82) is 0 Å². The van der Waals surface area contributed by atoms with E-state index in [-0.39, 0.29) is 11.4 Å². The van der Waals surface area contributed by atoms with Crippen molar-refractivity contribution in [3.05, 3.63) is 23.3 Å². The van der Waals surface area contributed by atoms with Crippen LogP contribution in [0.3, 0.4) is 0 Å². The first-order valence-corrected chi connectivity index (χ1v) is 8.08. The van der Waals surface area contributed by atoms with E-state index in [0.29, 0.717) is 17.9 Å². The van der Waals surface area contributed by atoms with Gasteiger partial charge in [0.05, 0.1) is 10.5 Å². The van der Waals surface area contributed by atoms with Gasteiger partial charge >= 0.3 is 0 Å². The normalized spacial score (nSPS) is 12.7. The number of rotatable bonds is 6. The molecule has 0 unspecified atom stereocenters. The van der Waals surface area contributed by atoms with Crippen LogP contribution >= 0.6 is 0 Å². The lowest BCUT2D eigenvalue weighted by Crippen LogP contribution is -2.40. The summed E-state index contributed by atoms with van der Waals surface area (Å²) in [6.07, 6.45) is 0. The number of aryl methyl sites for hydroxylation is 1. The van der Waals surface area contributed by atoms with E-state index in [9.17, 15) is 8.42 Å². The van der Waals surface area contributed by atoms with E-state index in [0.717, 1.165) is 5.56 Å². The fourth-order valence-electron chi connectivity index (χ4n) is 1.92. The monoisotopic (exact) mass is 300 g/mol. The van der Waals surface area contributed by atoms with E-state index < -0.39 is 15.6 Å². The van der Waals surface area contributed by atoms with E-state index in [4.69, 9.17) is 10.5 Å². The molecule has 0 radical (unpaired) electrons. The fourth-order valence-corrected chi connectivity index (χ4v) is 3.47. The molecule has 0 aliphatic carbocycles. The summed E-state index contributed by atoms with van der Waals surface area (Å²) in [5.74, 6) is 0. The van der Waals surface area contributed by atoms with E-state index in [1.807, 2.05) is 27.7 Å². The quantitative estimate of drug-likeness (QED) is 0.787. The zero-order valence-electron chi connectivity index (χ0n) is 12.8. The highest BCUT2D eigenvalue weighted by Gasteiger charge is 2.24. The van der Waals surface area contributed by atoms with Gasteiger partial charge in [-0.05, 0) is 57.9 Å². The molecule has 6 heteroatoms. The van der Waals surface area contributed by atoms with Gasteiger partial charge in [-0.15, -0.1) is 0 Å². The number of hydrogen-bond acceptors (Lipinski definition) is 4. The molecule has 1 aromatic carbocycles. The van der Waals surface area contributed by atoms with E-state index in [2.05, 4.69) is 4.72 Å². The highest BCUT2D eigenvalue weighted by atomic mass is 32.2. The van der Waals surface area contributed by atoms with Crippen LogP contribution in [0.1, 0.15) is 31.9 Å². The van der Waals surface area contributed by atoms with Crippen LogP contribution in [0.2, 0.25) is 0 Å². The molecule has 0 amide bonds. The summed E-state index contributed by atoms with van der Waals surface area (Å²) in [6, 6.07) is 3.25. The van der Waals surface area contributed by atoms with Gasteiger partial charge in [0, 0.05) is 18.8 Å². The predicted molar refractivity (Wildman–Crippen MR) is 81.2 cm³/mol. The van der Waals surface area contributed by atoms with Crippen molar-refractivity contribution in [1.82, 2.24) is 4.72 Å². The van der Waals surface area contributed by atoms with Crippen LogP contribution in [0.15, 0.2) is 17.0 Å². The molecule has 0 aliphatic heterocycles. The zero-order valence-corrected chi connectivity index (χ0v) is 13.6. The van der Waals surface area contributed by atoms with Crippen LogP contribution in [0.4, 0.5) is 5.69 Å². The molecular formula is C14H24N2O3S. The molecule has 114 valence electrons. The summed E-state index contributed by atoms with van der Waals surface area (Å²) >= 11 is 0. The van der Waals surface area contributed by atoms with Crippen LogP contribution in [0.25, 0.3) is 0 Å². The first kappa shape index (κ1) is 16.9. The maximum Gasteiger partial charge on any atom is 0.241 e. The molecule has 0 saturated carbocycles. The second-order valence-electron chi connectivity index (χ2n) is 5.48. The molecule has 0 saturated heterocycles. The SMILES string of the molecule is CCOC(C)(C)CNS(=O)(=O)c1cc(N)cc(C)c1C. The molecular weight excluding hydrogens is 276 g/mol. The number of nitrogens with one attached hydrogen (secondary N) is 1. The van der Waals surface area contributed by atoms with Gasteiger partial charge in [0.25, 0.3) is 0 Å². The molecule has 20 heavy (non-hydrogen) atoms. The Morgan fingerprint density at radius 3 is 2.45 bits per heavy atom. The third kappa shape index (κ3) is 4.19. The number of nitrogen functional groups attached to an aromatic ring is 1. The largest absolute Gasteiger partial charge is 0.399 e. The number of sulfonamides is 1. The Morgan fingerprint density at radius 2 is 1.90 bits per heavy atom. The number of nitrogens with two attached hydrogens (primary N) is 1. The molecule has 5 nitrogen and oxygen atoms in total. The molecule has 1 rings (SSSR count). The lowest BCUT2D eigenvalue weighted by Gasteiger charge is -2.25. The third-order valence-electron chi connectivity index (χ3n) is 3.15. The lowest BCUT2D eigenvalue weighted by atomic mass is 10.1. The summed E-state index contributed by atoms with van der Waals surface area (Å²) in [4.78, 5) is 0.224. The van der Waals surface area contributed by atoms with Crippen molar-refractivity contribution in [2.24, 2.45) is 0 Å². The highest BCUT2D eigenvalue weighted by molar-refractivity contribution is 7.89. The molecule has 0 atom stereocenters. The van der Waals surface area contributed by atoms with Gasteiger partial charge in [-0.3, -0.25) is 0 Å². The Labute approximate surface area is 121 Å². The number of hydrogen-bond donors (Lipinski definition) is 2. The summed E-state index contributed by atoms with van der Waals surface area (Å²) in [5.41, 5.74) is 7.19. The zero-order chi connectivity index (χ0) is 15.6. The van der Waals surface area contributed by atoms with Crippen LogP contribution in [-0.4, -0.2) is 27.2 Å². The standard InChI is InChI=1S/C14H24N2O3S/c1-6-19-14(4,5)9-16-20(17,18)13-8-12(15)7-10(2)11(13)3/h7-8,16H,6,9,15H2,1-5H3. The van der Waals surface area contributed by atoms with Crippen LogP contribution < -0.4 is 10.5 Å². The topological polar surface area (TPSA) is 81.4 Å². The molecule has 1 aromatic rings. The average Bonchev–Trinajstić information content (AvgIpc) is 2.31. The van der Waals surface area contributed by atoms with Gasteiger partial charge in [0.1, 0.15) is 0 Å². The molecule has 0 fully saturated rings. The van der Waals surface area contributed by atoms with Gasteiger partial charge in [-0.2, -0.15) is 0 Å². The van der Waals surface area contributed by atoms with Crippen molar-refractivity contribution in [3.63, 3.8) is 0 Å². The van der Waals surface area contributed by atoms with Crippen LogP contribution in [-0.2, 0) is 14.8 Å². The Kier molecular flexibility index (Phi) is 5.18.